The van der Waals surface area contributed by atoms with Gasteiger partial charge in [0.1, 0.15) is 22.9 Å². The number of piperazine rings is 1. The predicted molar refractivity (Wildman–Crippen MR) is 161 cm³/mol. The molecule has 12 nitrogen and oxygen atoms in total. The van der Waals surface area contributed by atoms with Gasteiger partial charge < -0.3 is 29.5 Å². The lowest BCUT2D eigenvalue weighted by Crippen LogP contribution is -2.50. The average molecular weight is 588 g/mol. The maximum atomic E-state index is 14.9. The van der Waals surface area contributed by atoms with Crippen molar-refractivity contribution in [1.29, 1.82) is 0 Å². The molecule has 0 atom stereocenters. The number of hydrogen-bond acceptors (Lipinski definition) is 11. The number of ether oxygens (including phenoxy) is 2. The number of benzene rings is 1. The second kappa shape index (κ2) is 11.9. The maximum Gasteiger partial charge on any atom is 0.410 e. The number of hydrogen-bond donors (Lipinski definition) is 1. The molecule has 5 heterocycles. The van der Waals surface area contributed by atoms with Crippen molar-refractivity contribution in [1.82, 2.24) is 29.8 Å². The topological polar surface area (TPSA) is 122 Å². The predicted octanol–water partition coefficient (Wildman–Crippen LogP) is 4.26. The molecular weight excluding hydrogens is 553 g/mol. The van der Waals surface area contributed by atoms with Crippen LogP contribution in [0.1, 0.15) is 20.8 Å². The molecular formula is C30H34FN9O3. The first-order valence-corrected chi connectivity index (χ1v) is 14.3. The van der Waals surface area contributed by atoms with E-state index in [1.165, 1.54) is 0 Å². The van der Waals surface area contributed by atoms with Crippen LogP contribution in [-0.4, -0.2) is 94.0 Å². The summed E-state index contributed by atoms with van der Waals surface area (Å²) in [7, 11) is 0. The number of nitrogens with one attached hydrogen (secondary N) is 1. The Kier molecular flexibility index (Phi) is 7.89. The van der Waals surface area contributed by atoms with Gasteiger partial charge in [-0.15, -0.1) is 0 Å². The Morgan fingerprint density at radius 2 is 1.67 bits per heavy atom. The highest BCUT2D eigenvalue weighted by Crippen LogP contribution is 2.27. The molecule has 4 aromatic rings. The molecule has 13 heteroatoms. The molecule has 0 unspecified atom stereocenters. The van der Waals surface area contributed by atoms with E-state index in [0.29, 0.717) is 61.8 Å². The Hall–Kier alpha value is -4.65. The molecule has 2 aliphatic rings. The molecule has 0 saturated carbocycles. The van der Waals surface area contributed by atoms with Gasteiger partial charge in [-0.2, -0.15) is 0 Å². The fourth-order valence-electron chi connectivity index (χ4n) is 4.96. The number of fused-ring (bicyclic) bond motifs is 1. The number of amides is 1. The van der Waals surface area contributed by atoms with Crippen molar-refractivity contribution in [2.24, 2.45) is 0 Å². The Labute approximate surface area is 248 Å². The van der Waals surface area contributed by atoms with E-state index in [1.807, 2.05) is 39.0 Å². The van der Waals surface area contributed by atoms with Crippen LogP contribution in [-0.2, 0) is 9.47 Å². The number of carbonyl (C=O) groups excluding carboxylic acids is 1. The molecule has 2 saturated heterocycles. The fourth-order valence-corrected chi connectivity index (χ4v) is 4.96. The Morgan fingerprint density at radius 3 is 2.40 bits per heavy atom. The number of pyridine rings is 1. The lowest BCUT2D eigenvalue weighted by Gasteiger charge is -2.36. The van der Waals surface area contributed by atoms with Crippen molar-refractivity contribution in [3.05, 3.63) is 54.7 Å². The summed E-state index contributed by atoms with van der Waals surface area (Å²) in [6.45, 7) is 10.8. The van der Waals surface area contributed by atoms with Crippen LogP contribution in [0.15, 0.2) is 48.9 Å². The number of halogens is 1. The average Bonchev–Trinajstić information content (AvgIpc) is 3.01. The summed E-state index contributed by atoms with van der Waals surface area (Å²) in [6.07, 6.45) is 4.36. The summed E-state index contributed by atoms with van der Waals surface area (Å²) in [4.78, 5) is 40.7. The lowest BCUT2D eigenvalue weighted by atomic mass is 10.1. The van der Waals surface area contributed by atoms with Gasteiger partial charge >= 0.3 is 6.09 Å². The zero-order valence-corrected chi connectivity index (χ0v) is 24.5. The Balaban J connectivity index is 1.13. The van der Waals surface area contributed by atoms with Crippen molar-refractivity contribution in [2.45, 2.75) is 26.4 Å². The maximum absolute atomic E-state index is 14.9. The quantitative estimate of drug-likeness (QED) is 0.360. The van der Waals surface area contributed by atoms with Gasteiger partial charge in [0.2, 0.25) is 5.95 Å². The first-order valence-electron chi connectivity index (χ1n) is 14.3. The zero-order chi connectivity index (χ0) is 30.0. The third kappa shape index (κ3) is 6.72. The van der Waals surface area contributed by atoms with Crippen LogP contribution >= 0.6 is 0 Å². The third-order valence-corrected chi connectivity index (χ3v) is 7.17. The molecule has 1 aromatic carbocycles. The van der Waals surface area contributed by atoms with Crippen molar-refractivity contribution in [2.75, 3.05) is 67.6 Å². The highest BCUT2D eigenvalue weighted by Gasteiger charge is 2.26. The van der Waals surface area contributed by atoms with Gasteiger partial charge in [-0.1, -0.05) is 6.07 Å². The second-order valence-electron chi connectivity index (χ2n) is 11.4. The summed E-state index contributed by atoms with van der Waals surface area (Å²) < 4.78 is 25.8. The molecule has 3 aromatic heterocycles. The summed E-state index contributed by atoms with van der Waals surface area (Å²) in [5, 5.41) is 3.07. The summed E-state index contributed by atoms with van der Waals surface area (Å²) >= 11 is 0. The van der Waals surface area contributed by atoms with Gasteiger partial charge in [0.15, 0.2) is 5.82 Å². The van der Waals surface area contributed by atoms with E-state index < -0.39 is 11.4 Å². The van der Waals surface area contributed by atoms with E-state index >= 15 is 0 Å². The van der Waals surface area contributed by atoms with Crippen LogP contribution < -0.4 is 15.1 Å². The number of nitrogens with zero attached hydrogens (tertiary/aromatic N) is 8. The lowest BCUT2D eigenvalue weighted by molar-refractivity contribution is 0.0240. The van der Waals surface area contributed by atoms with Crippen LogP contribution in [0.3, 0.4) is 0 Å². The molecule has 2 fully saturated rings. The standard InChI is InChI=1S/C30H34FN9O3/c1-30(2,3)43-29(41)40-10-8-38(9-11-40)21-5-7-25(33-17-21)36-28-34-18-22(31)27(37-28)20-4-6-23-24(16-20)35-26(19-32-23)39-12-14-42-15-13-39/h4-7,16-19H,8-15H2,1-3H3,(H,33,34,36,37). The smallest absolute Gasteiger partial charge is 0.410 e. The third-order valence-electron chi connectivity index (χ3n) is 7.17. The number of rotatable bonds is 5. The van der Waals surface area contributed by atoms with Crippen molar-refractivity contribution in [3.63, 3.8) is 0 Å². The second-order valence-corrected chi connectivity index (χ2v) is 11.4. The van der Waals surface area contributed by atoms with E-state index in [2.05, 4.69) is 35.1 Å². The van der Waals surface area contributed by atoms with Crippen LogP contribution in [0.2, 0.25) is 0 Å². The Bertz CT molecular complexity index is 1600. The number of anilines is 4. The fraction of sp³-hybridized carbons (Fsp3) is 0.400. The van der Waals surface area contributed by atoms with Crippen LogP contribution in [0.5, 0.6) is 0 Å². The largest absolute Gasteiger partial charge is 0.444 e. The molecule has 2 aliphatic heterocycles. The van der Waals surface area contributed by atoms with Gasteiger partial charge in [0.05, 0.1) is 48.5 Å². The van der Waals surface area contributed by atoms with E-state index in [4.69, 9.17) is 14.5 Å². The van der Waals surface area contributed by atoms with Gasteiger partial charge in [-0.3, -0.25) is 4.98 Å². The van der Waals surface area contributed by atoms with Gasteiger partial charge in [0, 0.05) is 44.8 Å². The number of aromatic nitrogens is 5. The normalized spacial score (nSPS) is 16.0. The summed E-state index contributed by atoms with van der Waals surface area (Å²) in [5.74, 6) is 0.957. The molecule has 0 aliphatic carbocycles. The first kappa shape index (κ1) is 28.5. The minimum atomic E-state index is -0.545. The minimum Gasteiger partial charge on any atom is -0.444 e. The van der Waals surface area contributed by atoms with Crippen LogP contribution in [0.25, 0.3) is 22.3 Å². The molecule has 0 bridgehead atoms. The Morgan fingerprint density at radius 1 is 0.884 bits per heavy atom. The molecule has 224 valence electrons. The monoisotopic (exact) mass is 587 g/mol. The highest BCUT2D eigenvalue weighted by molar-refractivity contribution is 5.81. The number of carbonyl (C=O) groups is 1. The highest BCUT2D eigenvalue weighted by atomic mass is 19.1. The molecule has 43 heavy (non-hydrogen) atoms. The summed E-state index contributed by atoms with van der Waals surface area (Å²) in [5.41, 5.74) is 2.49. The molecule has 6 rings (SSSR count). The SMILES string of the molecule is CC(C)(C)OC(=O)N1CCN(c2ccc(Nc3ncc(F)c(-c4ccc5ncc(N6CCOCC6)nc5c4)n3)nc2)CC1. The minimum absolute atomic E-state index is 0.150. The van der Waals surface area contributed by atoms with Crippen molar-refractivity contribution >= 4 is 40.4 Å². The number of morpholine rings is 1. The van der Waals surface area contributed by atoms with Crippen LogP contribution in [0, 0.1) is 5.82 Å². The zero-order valence-electron chi connectivity index (χ0n) is 24.5. The molecule has 0 spiro atoms. The van der Waals surface area contributed by atoms with Gasteiger partial charge in [-0.05, 0) is 45.0 Å². The van der Waals surface area contributed by atoms with E-state index in [0.717, 1.165) is 30.8 Å². The van der Waals surface area contributed by atoms with Crippen molar-refractivity contribution < 1.29 is 18.7 Å². The molecule has 1 N–H and O–H groups in total. The van der Waals surface area contributed by atoms with Crippen molar-refractivity contribution in [3.8, 4) is 11.3 Å². The first-order chi connectivity index (χ1) is 20.7. The molecule has 1 amide bonds. The summed E-state index contributed by atoms with van der Waals surface area (Å²) in [6, 6.07) is 9.13. The van der Waals surface area contributed by atoms with E-state index in [9.17, 15) is 9.18 Å². The van der Waals surface area contributed by atoms with Gasteiger partial charge in [-0.25, -0.2) is 29.1 Å². The van der Waals surface area contributed by atoms with Crippen LogP contribution in [0.4, 0.5) is 32.5 Å². The van der Waals surface area contributed by atoms with E-state index in [-0.39, 0.29) is 17.7 Å². The van der Waals surface area contributed by atoms with E-state index in [1.54, 1.807) is 29.4 Å². The van der Waals surface area contributed by atoms with Gasteiger partial charge in [0.25, 0.3) is 0 Å². The molecule has 0 radical (unpaired) electrons.